The van der Waals surface area contributed by atoms with Gasteiger partial charge in [-0.2, -0.15) is 0 Å². The zero-order valence-corrected chi connectivity index (χ0v) is 21.2. The van der Waals surface area contributed by atoms with Gasteiger partial charge in [-0.25, -0.2) is 0 Å². The number of anilines is 1. The first-order valence-electron chi connectivity index (χ1n) is 11.5. The van der Waals surface area contributed by atoms with Gasteiger partial charge in [0.1, 0.15) is 5.58 Å². The van der Waals surface area contributed by atoms with Gasteiger partial charge in [0, 0.05) is 5.75 Å². The highest BCUT2D eigenvalue weighted by molar-refractivity contribution is 8.00. The molecule has 2 aromatic heterocycles. The van der Waals surface area contributed by atoms with Gasteiger partial charge in [0.05, 0.1) is 17.0 Å². The quantitative estimate of drug-likeness (QED) is 0.203. The van der Waals surface area contributed by atoms with Crippen LogP contribution in [-0.2, 0) is 5.75 Å². The number of nitrogens with zero attached hydrogens (tertiary/aromatic N) is 3. The molecule has 1 unspecified atom stereocenters. The number of rotatable bonds is 5. The Hall–Kier alpha value is -3.75. The van der Waals surface area contributed by atoms with Crippen LogP contribution in [0.2, 0.25) is 0 Å². The molecule has 0 aliphatic carbocycles. The van der Waals surface area contributed by atoms with Crippen molar-refractivity contribution < 1.29 is 9.21 Å². The molecule has 36 heavy (non-hydrogen) atoms. The number of thioether (sulfide) groups is 1. The van der Waals surface area contributed by atoms with Gasteiger partial charge in [-0.15, -0.1) is 10.2 Å². The normalized spacial score (nSPS) is 15.0. The lowest BCUT2D eigenvalue weighted by Crippen LogP contribution is -2.29. The third kappa shape index (κ3) is 3.92. The maximum absolute atomic E-state index is 13.7. The Morgan fingerprint density at radius 1 is 0.944 bits per heavy atom. The summed E-state index contributed by atoms with van der Waals surface area (Å²) in [6, 6.07) is 22.7. The molecule has 0 fully saturated rings. The van der Waals surface area contributed by atoms with Crippen molar-refractivity contribution in [2.24, 2.45) is 0 Å². The number of amides is 1. The molecular weight excluding hydrogens is 490 g/mol. The molecule has 5 aromatic rings. The number of carbonyl (C=O) groups excluding carboxylic acids is 1. The van der Waals surface area contributed by atoms with E-state index in [0.717, 1.165) is 21.2 Å². The van der Waals surface area contributed by atoms with Gasteiger partial charge in [-0.1, -0.05) is 94.9 Å². The van der Waals surface area contributed by atoms with Crippen LogP contribution in [0.5, 0.6) is 0 Å². The standard InChI is InChI=1S/C28H21N3O3S2/c1-16-8-11-18(12-9-16)15-35-28-30-29-27(36-28)31-23(19-6-4-3-5-7-19)22-24(32)20-14-17(2)10-13-21(20)34-25(22)26(31)33/h3-14,23H,15H2,1-2H3. The Kier molecular flexibility index (Phi) is 5.70. The average Bonchev–Trinajstić information content (AvgIpc) is 3.47. The molecule has 1 atom stereocenters. The van der Waals surface area contributed by atoms with Gasteiger partial charge in [-0.3, -0.25) is 14.5 Å². The van der Waals surface area contributed by atoms with Crippen LogP contribution in [0.1, 0.15) is 44.4 Å². The summed E-state index contributed by atoms with van der Waals surface area (Å²) >= 11 is 2.91. The number of aromatic nitrogens is 2. The first kappa shape index (κ1) is 22.7. The highest BCUT2D eigenvalue weighted by atomic mass is 32.2. The van der Waals surface area contributed by atoms with Gasteiger partial charge in [0.2, 0.25) is 10.9 Å². The summed E-state index contributed by atoms with van der Waals surface area (Å²) < 4.78 is 6.79. The monoisotopic (exact) mass is 511 g/mol. The van der Waals surface area contributed by atoms with Crippen LogP contribution in [0, 0.1) is 13.8 Å². The van der Waals surface area contributed by atoms with Crippen LogP contribution >= 0.6 is 23.1 Å². The zero-order valence-electron chi connectivity index (χ0n) is 19.6. The van der Waals surface area contributed by atoms with E-state index in [-0.39, 0.29) is 17.1 Å². The molecular formula is C28H21N3O3S2. The van der Waals surface area contributed by atoms with Gasteiger partial charge in [0.15, 0.2) is 9.77 Å². The molecule has 1 amide bonds. The predicted octanol–water partition coefficient (Wildman–Crippen LogP) is 6.30. The van der Waals surface area contributed by atoms with E-state index in [0.29, 0.717) is 21.7 Å². The first-order valence-corrected chi connectivity index (χ1v) is 13.3. The molecule has 0 N–H and O–H groups in total. The lowest BCUT2D eigenvalue weighted by atomic mass is 9.98. The number of aryl methyl sites for hydroxylation is 2. The van der Waals surface area contributed by atoms with Crippen molar-refractivity contribution in [2.75, 3.05) is 4.90 Å². The fourth-order valence-electron chi connectivity index (χ4n) is 4.42. The van der Waals surface area contributed by atoms with E-state index in [1.165, 1.54) is 22.5 Å². The van der Waals surface area contributed by atoms with E-state index in [1.54, 1.807) is 28.8 Å². The van der Waals surface area contributed by atoms with Gasteiger partial charge in [-0.05, 0) is 37.1 Å². The molecule has 0 saturated heterocycles. The number of fused-ring (bicyclic) bond motifs is 2. The summed E-state index contributed by atoms with van der Waals surface area (Å²) in [5, 5.41) is 9.60. The van der Waals surface area contributed by atoms with Crippen molar-refractivity contribution in [3.8, 4) is 0 Å². The van der Waals surface area contributed by atoms with Crippen LogP contribution in [-0.4, -0.2) is 16.1 Å². The fraction of sp³-hybridized carbons (Fsp3) is 0.143. The SMILES string of the molecule is Cc1ccc(CSc2nnc(N3C(=O)c4oc5ccc(C)cc5c(=O)c4C3c3ccccc3)s2)cc1. The third-order valence-electron chi connectivity index (χ3n) is 6.23. The Morgan fingerprint density at radius 2 is 1.69 bits per heavy atom. The molecule has 178 valence electrons. The van der Waals surface area contributed by atoms with Crippen molar-refractivity contribution in [1.82, 2.24) is 10.2 Å². The van der Waals surface area contributed by atoms with E-state index < -0.39 is 6.04 Å². The largest absolute Gasteiger partial charge is 0.450 e. The predicted molar refractivity (Wildman–Crippen MR) is 143 cm³/mol. The average molecular weight is 512 g/mol. The summed E-state index contributed by atoms with van der Waals surface area (Å²) in [5.74, 6) is 0.426. The van der Waals surface area contributed by atoms with Crippen LogP contribution in [0.4, 0.5) is 5.13 Å². The Balaban J connectivity index is 1.42. The fourth-order valence-corrected chi connectivity index (χ4v) is 6.25. The van der Waals surface area contributed by atoms with Crippen LogP contribution in [0.3, 0.4) is 0 Å². The maximum atomic E-state index is 13.7. The lowest BCUT2D eigenvalue weighted by molar-refractivity contribution is 0.0970. The Bertz CT molecular complexity index is 1660. The molecule has 0 saturated carbocycles. The van der Waals surface area contributed by atoms with Gasteiger partial charge in [0.25, 0.3) is 5.91 Å². The maximum Gasteiger partial charge on any atom is 0.297 e. The highest BCUT2D eigenvalue weighted by Crippen LogP contribution is 2.43. The van der Waals surface area contributed by atoms with Gasteiger partial charge >= 0.3 is 0 Å². The molecule has 1 aliphatic rings. The minimum atomic E-state index is -0.641. The van der Waals surface area contributed by atoms with Crippen molar-refractivity contribution in [3.63, 3.8) is 0 Å². The first-order chi connectivity index (χ1) is 17.5. The highest BCUT2D eigenvalue weighted by Gasteiger charge is 2.45. The third-order valence-corrected chi connectivity index (χ3v) is 8.35. The van der Waals surface area contributed by atoms with Crippen molar-refractivity contribution in [1.29, 1.82) is 0 Å². The Morgan fingerprint density at radius 3 is 2.47 bits per heavy atom. The van der Waals surface area contributed by atoms with E-state index in [1.807, 2.05) is 43.3 Å². The van der Waals surface area contributed by atoms with Crippen LogP contribution < -0.4 is 10.3 Å². The second kappa shape index (κ2) is 9.04. The Labute approximate surface area is 215 Å². The van der Waals surface area contributed by atoms with E-state index in [2.05, 4.69) is 41.4 Å². The van der Waals surface area contributed by atoms with E-state index >= 15 is 0 Å². The lowest BCUT2D eigenvalue weighted by Gasteiger charge is -2.21. The summed E-state index contributed by atoms with van der Waals surface area (Å²) in [6.07, 6.45) is 0. The minimum absolute atomic E-state index is 0.0641. The molecule has 0 radical (unpaired) electrons. The van der Waals surface area contributed by atoms with Crippen LogP contribution in [0.15, 0.2) is 86.3 Å². The number of hydrogen-bond acceptors (Lipinski definition) is 7. The summed E-state index contributed by atoms with van der Waals surface area (Å²) in [6.45, 7) is 3.99. The van der Waals surface area contributed by atoms with Crippen LogP contribution in [0.25, 0.3) is 11.0 Å². The summed E-state index contributed by atoms with van der Waals surface area (Å²) in [7, 11) is 0. The minimum Gasteiger partial charge on any atom is -0.450 e. The molecule has 1 aliphatic heterocycles. The molecule has 8 heteroatoms. The van der Waals surface area contributed by atoms with E-state index in [4.69, 9.17) is 4.42 Å². The van der Waals surface area contributed by atoms with Crippen molar-refractivity contribution in [2.45, 2.75) is 30.0 Å². The topological polar surface area (TPSA) is 76.3 Å². The van der Waals surface area contributed by atoms with E-state index in [9.17, 15) is 9.59 Å². The number of hydrogen-bond donors (Lipinski definition) is 0. The van der Waals surface area contributed by atoms with Crippen molar-refractivity contribution >= 4 is 45.1 Å². The molecule has 6 rings (SSSR count). The molecule has 0 spiro atoms. The molecule has 3 heterocycles. The zero-order chi connectivity index (χ0) is 24.8. The number of carbonyl (C=O) groups is 1. The summed E-state index contributed by atoms with van der Waals surface area (Å²) in [5.41, 5.74) is 4.71. The second-order valence-corrected chi connectivity index (χ2v) is 11.0. The smallest absolute Gasteiger partial charge is 0.297 e. The second-order valence-electron chi connectivity index (χ2n) is 8.79. The molecule has 6 nitrogen and oxygen atoms in total. The summed E-state index contributed by atoms with van der Waals surface area (Å²) in [4.78, 5) is 28.9. The van der Waals surface area contributed by atoms with Crippen molar-refractivity contribution in [3.05, 3.63) is 117 Å². The van der Waals surface area contributed by atoms with Gasteiger partial charge < -0.3 is 4.42 Å². The molecule has 3 aromatic carbocycles. The molecule has 0 bridgehead atoms. The number of benzene rings is 3.